The van der Waals surface area contributed by atoms with Gasteiger partial charge >= 0.3 is 0 Å². The minimum Gasteiger partial charge on any atom is -0.338 e. The lowest BCUT2D eigenvalue weighted by molar-refractivity contribution is 0.0765. The van der Waals surface area contributed by atoms with E-state index in [4.69, 9.17) is 0 Å². The predicted octanol–water partition coefficient (Wildman–Crippen LogP) is 2.44. The van der Waals surface area contributed by atoms with E-state index in [1.165, 1.54) is 11.8 Å². The molecule has 1 rings (SSSR count). The third kappa shape index (κ3) is 2.95. The lowest BCUT2D eigenvalue weighted by atomic mass is 10.3. The van der Waals surface area contributed by atoms with E-state index in [0.717, 1.165) is 0 Å². The summed E-state index contributed by atoms with van der Waals surface area (Å²) in [6.07, 6.45) is 3.50. The maximum absolute atomic E-state index is 12.1. The molecule has 0 bridgehead atoms. The molecule has 0 aromatic carbocycles. The normalized spacial score (nSPS) is 10.2. The monoisotopic (exact) mass is 303 g/mol. The molecule has 0 fully saturated rings. The summed E-state index contributed by atoms with van der Waals surface area (Å²) in [4.78, 5) is 22.1. The molecule has 0 aliphatic carbocycles. The van der Waals surface area contributed by atoms with Gasteiger partial charge in [-0.3, -0.25) is 4.79 Å². The average molecular weight is 304 g/mol. The van der Waals surface area contributed by atoms with Crippen molar-refractivity contribution in [1.82, 2.24) is 14.9 Å². The van der Waals surface area contributed by atoms with Crippen molar-refractivity contribution in [2.24, 2.45) is 0 Å². The lowest BCUT2D eigenvalue weighted by Crippen LogP contribution is -2.31. The van der Waals surface area contributed by atoms with Crippen LogP contribution in [-0.4, -0.2) is 40.1 Å². The van der Waals surface area contributed by atoms with E-state index in [9.17, 15) is 4.79 Å². The van der Waals surface area contributed by atoms with Crippen molar-refractivity contribution in [3.8, 4) is 0 Å². The van der Waals surface area contributed by atoms with Gasteiger partial charge in [-0.1, -0.05) is 11.8 Å². The second kappa shape index (κ2) is 6.20. The van der Waals surface area contributed by atoms with E-state index in [2.05, 4.69) is 25.9 Å². The summed E-state index contributed by atoms with van der Waals surface area (Å²) in [5, 5.41) is 0.610. The topological polar surface area (TPSA) is 46.1 Å². The average Bonchev–Trinajstić information content (AvgIpc) is 2.31. The van der Waals surface area contributed by atoms with Crippen LogP contribution in [0, 0.1) is 0 Å². The number of carbonyl (C=O) groups is 1. The minimum atomic E-state index is -0.0606. The molecule has 0 unspecified atom stereocenters. The Balaban J connectivity index is 3.06. The first-order valence-electron chi connectivity index (χ1n) is 4.99. The first kappa shape index (κ1) is 13.4. The zero-order valence-electron chi connectivity index (χ0n) is 9.53. The Labute approximate surface area is 108 Å². The largest absolute Gasteiger partial charge is 0.338 e. The van der Waals surface area contributed by atoms with Crippen LogP contribution in [0.3, 0.4) is 0 Å². The van der Waals surface area contributed by atoms with E-state index < -0.39 is 0 Å². The molecule has 16 heavy (non-hydrogen) atoms. The van der Waals surface area contributed by atoms with Crippen molar-refractivity contribution in [3.05, 3.63) is 16.4 Å². The van der Waals surface area contributed by atoms with Gasteiger partial charge in [0.25, 0.3) is 5.91 Å². The molecule has 4 nitrogen and oxygen atoms in total. The van der Waals surface area contributed by atoms with Gasteiger partial charge in [-0.05, 0) is 36.0 Å². The molecule has 0 N–H and O–H groups in total. The fourth-order valence-corrected chi connectivity index (χ4v) is 1.96. The lowest BCUT2D eigenvalue weighted by Gasteiger charge is -2.18. The quantitative estimate of drug-likeness (QED) is 0.633. The zero-order valence-corrected chi connectivity index (χ0v) is 11.9. The number of aromatic nitrogens is 2. The van der Waals surface area contributed by atoms with Gasteiger partial charge in [-0.25, -0.2) is 9.97 Å². The van der Waals surface area contributed by atoms with E-state index >= 15 is 0 Å². The van der Waals surface area contributed by atoms with Crippen molar-refractivity contribution < 1.29 is 4.79 Å². The van der Waals surface area contributed by atoms with Gasteiger partial charge in [-0.15, -0.1) is 0 Å². The van der Waals surface area contributed by atoms with E-state index in [-0.39, 0.29) is 5.91 Å². The van der Waals surface area contributed by atoms with E-state index in [1.54, 1.807) is 11.1 Å². The van der Waals surface area contributed by atoms with Crippen LogP contribution >= 0.6 is 27.7 Å². The number of amides is 1. The Bertz CT molecular complexity index is 382. The van der Waals surface area contributed by atoms with Crippen LogP contribution in [0.1, 0.15) is 24.3 Å². The Morgan fingerprint density at radius 3 is 2.62 bits per heavy atom. The van der Waals surface area contributed by atoms with Gasteiger partial charge in [-0.2, -0.15) is 0 Å². The highest BCUT2D eigenvalue weighted by atomic mass is 79.9. The van der Waals surface area contributed by atoms with Crippen LogP contribution in [0.2, 0.25) is 0 Å². The number of thioether (sulfide) groups is 1. The Morgan fingerprint density at radius 2 is 2.12 bits per heavy atom. The maximum atomic E-state index is 12.1. The van der Waals surface area contributed by atoms with Crippen LogP contribution in [0.4, 0.5) is 0 Å². The van der Waals surface area contributed by atoms with Gasteiger partial charge in [0, 0.05) is 19.3 Å². The van der Waals surface area contributed by atoms with Gasteiger partial charge in [0.05, 0.1) is 4.47 Å². The van der Waals surface area contributed by atoms with Crippen molar-refractivity contribution in [2.45, 2.75) is 19.0 Å². The standard InChI is InChI=1S/C10H14BrN3OS/c1-4-14(5-2)9(15)8-7(11)6-12-10(13-8)16-3/h6H,4-5H2,1-3H3. The SMILES string of the molecule is CCN(CC)C(=O)c1nc(SC)ncc1Br. The number of nitrogens with zero attached hydrogens (tertiary/aromatic N) is 3. The van der Waals surface area contributed by atoms with Gasteiger partial charge in [0.1, 0.15) is 5.69 Å². The van der Waals surface area contributed by atoms with Crippen LogP contribution in [-0.2, 0) is 0 Å². The smallest absolute Gasteiger partial charge is 0.273 e. The van der Waals surface area contributed by atoms with E-state index in [0.29, 0.717) is 28.4 Å². The summed E-state index contributed by atoms with van der Waals surface area (Å²) in [6, 6.07) is 0. The summed E-state index contributed by atoms with van der Waals surface area (Å²) in [5.74, 6) is -0.0606. The Hall–Kier alpha value is -0.620. The number of carbonyl (C=O) groups excluding carboxylic acids is 1. The molecule has 1 heterocycles. The fraction of sp³-hybridized carbons (Fsp3) is 0.500. The molecule has 0 spiro atoms. The molecule has 0 saturated heterocycles. The van der Waals surface area contributed by atoms with Gasteiger partial charge < -0.3 is 4.90 Å². The molecule has 1 aromatic heterocycles. The van der Waals surface area contributed by atoms with Crippen molar-refractivity contribution >= 4 is 33.6 Å². The van der Waals surface area contributed by atoms with Crippen LogP contribution in [0.25, 0.3) is 0 Å². The Morgan fingerprint density at radius 1 is 1.50 bits per heavy atom. The molecule has 88 valence electrons. The molecular weight excluding hydrogens is 290 g/mol. The highest BCUT2D eigenvalue weighted by Gasteiger charge is 2.18. The Kier molecular flexibility index (Phi) is 5.21. The first-order chi connectivity index (χ1) is 7.63. The minimum absolute atomic E-state index is 0.0606. The number of hydrogen-bond donors (Lipinski definition) is 0. The third-order valence-corrected chi connectivity index (χ3v) is 3.30. The van der Waals surface area contributed by atoms with Crippen LogP contribution in [0.5, 0.6) is 0 Å². The summed E-state index contributed by atoms with van der Waals surface area (Å²) in [7, 11) is 0. The fourth-order valence-electron chi connectivity index (χ4n) is 1.26. The van der Waals surface area contributed by atoms with Crippen LogP contribution in [0.15, 0.2) is 15.8 Å². The summed E-state index contributed by atoms with van der Waals surface area (Å²) in [5.41, 5.74) is 0.433. The van der Waals surface area contributed by atoms with Crippen molar-refractivity contribution in [1.29, 1.82) is 0 Å². The number of hydrogen-bond acceptors (Lipinski definition) is 4. The molecular formula is C10H14BrN3OS. The highest BCUT2D eigenvalue weighted by Crippen LogP contribution is 2.18. The zero-order chi connectivity index (χ0) is 12.1. The molecule has 0 aliphatic heterocycles. The van der Waals surface area contributed by atoms with E-state index in [1.807, 2.05) is 20.1 Å². The molecule has 0 aliphatic rings. The molecule has 0 saturated carbocycles. The highest BCUT2D eigenvalue weighted by molar-refractivity contribution is 9.10. The van der Waals surface area contributed by atoms with Gasteiger partial charge in [0.2, 0.25) is 0 Å². The summed E-state index contributed by atoms with van der Waals surface area (Å²) in [6.45, 7) is 5.26. The second-order valence-electron chi connectivity index (χ2n) is 3.03. The number of rotatable bonds is 4. The van der Waals surface area contributed by atoms with Gasteiger partial charge in [0.15, 0.2) is 5.16 Å². The first-order valence-corrected chi connectivity index (χ1v) is 7.01. The molecule has 1 amide bonds. The summed E-state index contributed by atoms with van der Waals surface area (Å²) < 4.78 is 0.641. The maximum Gasteiger partial charge on any atom is 0.273 e. The molecule has 0 radical (unpaired) electrons. The van der Waals surface area contributed by atoms with Crippen LogP contribution < -0.4 is 0 Å². The molecule has 6 heteroatoms. The predicted molar refractivity (Wildman–Crippen MR) is 68.8 cm³/mol. The second-order valence-corrected chi connectivity index (χ2v) is 4.66. The van der Waals surface area contributed by atoms with Crippen molar-refractivity contribution in [3.63, 3.8) is 0 Å². The van der Waals surface area contributed by atoms with Crippen molar-refractivity contribution in [2.75, 3.05) is 19.3 Å². The third-order valence-electron chi connectivity index (χ3n) is 2.16. The molecule has 0 atom stereocenters. The summed E-state index contributed by atoms with van der Waals surface area (Å²) >= 11 is 4.73. The molecule has 1 aromatic rings. The number of halogens is 1.